The van der Waals surface area contributed by atoms with Gasteiger partial charge in [-0.15, -0.1) is 0 Å². The molecule has 0 spiro atoms. The summed E-state index contributed by atoms with van der Waals surface area (Å²) in [6.45, 7) is 10.2. The summed E-state index contributed by atoms with van der Waals surface area (Å²) in [5.41, 5.74) is 3.65. The van der Waals surface area contributed by atoms with Crippen LogP contribution in [0.2, 0.25) is 0 Å². The van der Waals surface area contributed by atoms with Crippen LogP contribution in [0.5, 0.6) is 0 Å². The molecule has 3 N–H and O–H groups in total. The molecule has 140 valence electrons. The number of carbonyl (C=O) groups is 3. The Kier molecular flexibility index (Phi) is 8.19. The van der Waals surface area contributed by atoms with Gasteiger partial charge in [-0.3, -0.25) is 0 Å². The van der Waals surface area contributed by atoms with E-state index < -0.39 is 35.4 Å². The molecule has 1 atom stereocenters. The molecule has 0 aromatic rings. The average Bonchev–Trinajstić information content (AvgIpc) is 2.32. The summed E-state index contributed by atoms with van der Waals surface area (Å²) in [5.74, 6) is -1.30. The molecule has 0 saturated heterocycles. The number of unbranched alkanes of at least 4 members (excludes halogenated alkanes) is 1. The average molecular weight is 346 g/mol. The molecule has 0 aromatic carbocycles. The zero-order valence-electron chi connectivity index (χ0n) is 15.4. The summed E-state index contributed by atoms with van der Waals surface area (Å²) in [7, 11) is 0. The van der Waals surface area contributed by atoms with Crippen molar-refractivity contribution < 1.29 is 29.0 Å². The highest BCUT2D eigenvalue weighted by molar-refractivity contribution is 5.93. The predicted molar refractivity (Wildman–Crippen MR) is 88.6 cm³/mol. The number of aliphatic carboxylic acids is 1. The van der Waals surface area contributed by atoms with Crippen LogP contribution >= 0.6 is 0 Å². The second-order valence-electron chi connectivity index (χ2n) is 7.47. The fourth-order valence-electron chi connectivity index (χ4n) is 1.80. The third-order valence-corrected chi connectivity index (χ3v) is 2.71. The van der Waals surface area contributed by atoms with Crippen molar-refractivity contribution in [3.05, 3.63) is 0 Å². The molecule has 1 unspecified atom stereocenters. The van der Waals surface area contributed by atoms with Gasteiger partial charge in [-0.2, -0.15) is 4.90 Å². The molecule has 8 nitrogen and oxygen atoms in total. The number of carboxylic acids is 1. The SMILES string of the molecule is CC(C)(C)OC(=O)N(C(=O)OC(C)(C)C)C(CCCCN)C(=O)O. The minimum absolute atomic E-state index is 0.0744. The van der Waals surface area contributed by atoms with Crippen LogP contribution in [0.4, 0.5) is 9.59 Å². The second kappa shape index (κ2) is 8.86. The standard InChI is InChI=1S/C16H30N2O6/c1-15(2,3)23-13(21)18(14(22)24-16(4,5)6)11(12(19)20)9-7-8-10-17/h11H,7-10,17H2,1-6H3,(H,19,20). The number of ether oxygens (including phenoxy) is 2. The van der Waals surface area contributed by atoms with E-state index in [-0.39, 0.29) is 6.42 Å². The Morgan fingerprint density at radius 2 is 1.38 bits per heavy atom. The summed E-state index contributed by atoms with van der Waals surface area (Å²) in [6, 6.07) is -1.37. The second-order valence-corrected chi connectivity index (χ2v) is 7.47. The third kappa shape index (κ3) is 8.71. The molecule has 0 aliphatic carbocycles. The Morgan fingerprint density at radius 3 is 1.67 bits per heavy atom. The first-order chi connectivity index (χ1) is 10.8. The Bertz CT molecular complexity index is 422. The van der Waals surface area contributed by atoms with E-state index >= 15 is 0 Å². The van der Waals surface area contributed by atoms with Crippen LogP contribution in [-0.4, -0.2) is 52.0 Å². The topological polar surface area (TPSA) is 119 Å². The molecule has 0 fully saturated rings. The molecular weight excluding hydrogens is 316 g/mol. The number of amides is 2. The molecule has 0 saturated carbocycles. The number of hydrogen-bond acceptors (Lipinski definition) is 6. The summed E-state index contributed by atoms with van der Waals surface area (Å²) < 4.78 is 10.3. The van der Waals surface area contributed by atoms with Gasteiger partial charge in [0.1, 0.15) is 17.2 Å². The van der Waals surface area contributed by atoms with Crippen molar-refractivity contribution in [2.45, 2.75) is 78.0 Å². The van der Waals surface area contributed by atoms with Crippen LogP contribution in [0.25, 0.3) is 0 Å². The molecule has 2 amide bonds. The van der Waals surface area contributed by atoms with Gasteiger partial charge in [0.05, 0.1) is 0 Å². The normalized spacial score (nSPS) is 13.1. The fourth-order valence-corrected chi connectivity index (χ4v) is 1.80. The van der Waals surface area contributed by atoms with Gasteiger partial charge in [-0.05, 0) is 67.3 Å². The van der Waals surface area contributed by atoms with Crippen molar-refractivity contribution in [3.63, 3.8) is 0 Å². The van der Waals surface area contributed by atoms with Crippen molar-refractivity contribution in [2.75, 3.05) is 6.54 Å². The molecule has 24 heavy (non-hydrogen) atoms. The summed E-state index contributed by atoms with van der Waals surface area (Å²) in [4.78, 5) is 36.9. The first-order valence-corrected chi connectivity index (χ1v) is 7.96. The minimum atomic E-state index is -1.37. The molecule has 0 bridgehead atoms. The van der Waals surface area contributed by atoms with E-state index in [9.17, 15) is 19.5 Å². The monoisotopic (exact) mass is 346 g/mol. The number of nitrogens with zero attached hydrogens (tertiary/aromatic N) is 1. The van der Waals surface area contributed by atoms with Crippen LogP contribution in [0.3, 0.4) is 0 Å². The highest BCUT2D eigenvalue weighted by Gasteiger charge is 2.39. The molecule has 0 radical (unpaired) electrons. The number of imide groups is 1. The zero-order valence-corrected chi connectivity index (χ0v) is 15.4. The number of carboxylic acid groups (broad SMARTS) is 1. The maximum Gasteiger partial charge on any atom is 0.420 e. The number of hydrogen-bond donors (Lipinski definition) is 2. The van der Waals surface area contributed by atoms with E-state index in [0.717, 1.165) is 0 Å². The van der Waals surface area contributed by atoms with Crippen LogP contribution in [-0.2, 0) is 14.3 Å². The van der Waals surface area contributed by atoms with Crippen molar-refractivity contribution in [3.8, 4) is 0 Å². The molecule has 0 aliphatic heterocycles. The maximum atomic E-state index is 12.4. The van der Waals surface area contributed by atoms with E-state index in [4.69, 9.17) is 15.2 Å². The van der Waals surface area contributed by atoms with Crippen molar-refractivity contribution >= 4 is 18.2 Å². The Morgan fingerprint density at radius 1 is 0.958 bits per heavy atom. The molecular formula is C16H30N2O6. The number of nitrogens with two attached hydrogens (primary N) is 1. The van der Waals surface area contributed by atoms with E-state index in [1.807, 2.05) is 0 Å². The highest BCUT2D eigenvalue weighted by atomic mass is 16.6. The van der Waals surface area contributed by atoms with Crippen LogP contribution in [0.15, 0.2) is 0 Å². The van der Waals surface area contributed by atoms with Gasteiger partial charge in [-0.1, -0.05) is 0 Å². The van der Waals surface area contributed by atoms with Crippen molar-refractivity contribution in [1.82, 2.24) is 4.90 Å². The molecule has 0 rings (SSSR count). The Hall–Kier alpha value is -1.83. The number of carbonyl (C=O) groups excluding carboxylic acids is 2. The first-order valence-electron chi connectivity index (χ1n) is 7.96. The van der Waals surface area contributed by atoms with Crippen molar-refractivity contribution in [2.24, 2.45) is 5.73 Å². The first kappa shape index (κ1) is 22.2. The van der Waals surface area contributed by atoms with E-state index in [1.54, 1.807) is 41.5 Å². The maximum absolute atomic E-state index is 12.4. The summed E-state index contributed by atoms with van der Waals surface area (Å²) >= 11 is 0. The highest BCUT2D eigenvalue weighted by Crippen LogP contribution is 2.19. The van der Waals surface area contributed by atoms with Gasteiger partial charge >= 0.3 is 18.2 Å². The predicted octanol–water partition coefficient (Wildman–Crippen LogP) is 2.74. The van der Waals surface area contributed by atoms with Gasteiger partial charge in [0, 0.05) is 0 Å². The lowest BCUT2D eigenvalue weighted by molar-refractivity contribution is -0.143. The lowest BCUT2D eigenvalue weighted by Gasteiger charge is -2.31. The number of rotatable bonds is 6. The molecule has 0 heterocycles. The lowest BCUT2D eigenvalue weighted by Crippen LogP contribution is -2.52. The van der Waals surface area contributed by atoms with Crippen LogP contribution < -0.4 is 5.73 Å². The largest absolute Gasteiger partial charge is 0.480 e. The summed E-state index contributed by atoms with van der Waals surface area (Å²) in [6.07, 6.45) is -0.977. The fraction of sp³-hybridized carbons (Fsp3) is 0.812. The van der Waals surface area contributed by atoms with Crippen LogP contribution in [0.1, 0.15) is 60.8 Å². The van der Waals surface area contributed by atoms with Gasteiger partial charge in [0.25, 0.3) is 0 Å². The lowest BCUT2D eigenvalue weighted by atomic mass is 10.1. The van der Waals surface area contributed by atoms with Gasteiger partial charge in [0.15, 0.2) is 0 Å². The van der Waals surface area contributed by atoms with Gasteiger partial charge in [0.2, 0.25) is 0 Å². The summed E-state index contributed by atoms with van der Waals surface area (Å²) in [5, 5.41) is 9.45. The van der Waals surface area contributed by atoms with Crippen molar-refractivity contribution in [1.29, 1.82) is 0 Å². The minimum Gasteiger partial charge on any atom is -0.480 e. The molecule has 8 heteroatoms. The van der Waals surface area contributed by atoms with E-state index in [1.165, 1.54) is 0 Å². The van der Waals surface area contributed by atoms with Gasteiger partial charge < -0.3 is 20.3 Å². The smallest absolute Gasteiger partial charge is 0.420 e. The van der Waals surface area contributed by atoms with E-state index in [0.29, 0.717) is 24.3 Å². The van der Waals surface area contributed by atoms with E-state index in [2.05, 4.69) is 0 Å². The van der Waals surface area contributed by atoms with Crippen LogP contribution in [0, 0.1) is 0 Å². The zero-order chi connectivity index (χ0) is 19.1. The molecule has 0 aliphatic rings. The Labute approximate surface area is 143 Å². The van der Waals surface area contributed by atoms with Gasteiger partial charge in [-0.25, -0.2) is 14.4 Å². The quantitative estimate of drug-likeness (QED) is 0.710. The molecule has 0 aromatic heterocycles. The Balaban J connectivity index is 5.50. The third-order valence-electron chi connectivity index (χ3n) is 2.71.